The molecule has 1 amide bonds. The van der Waals surface area contributed by atoms with Crippen LogP contribution in [0.3, 0.4) is 0 Å². The first-order valence-corrected chi connectivity index (χ1v) is 16.2. The van der Waals surface area contributed by atoms with Gasteiger partial charge in [-0.15, -0.1) is 0 Å². The Morgan fingerprint density at radius 2 is 1.64 bits per heavy atom. The Morgan fingerprint density at radius 3 is 2.31 bits per heavy atom. The highest BCUT2D eigenvalue weighted by atomic mass is 35.5. The predicted molar refractivity (Wildman–Crippen MR) is 168 cm³/mol. The Hall–Kier alpha value is -3.59. The summed E-state index contributed by atoms with van der Waals surface area (Å²) in [5.41, 5.74) is 4.93. The summed E-state index contributed by atoms with van der Waals surface area (Å²) in [4.78, 5) is 16.7. The highest BCUT2D eigenvalue weighted by Crippen LogP contribution is 2.32. The molecule has 1 aromatic heterocycles. The van der Waals surface area contributed by atoms with Crippen molar-refractivity contribution in [1.29, 1.82) is 0 Å². The van der Waals surface area contributed by atoms with Crippen LogP contribution in [0.4, 0.5) is 5.69 Å². The molecule has 6 rings (SSSR count). The molecular weight excluding hydrogens is 591 g/mol. The molecule has 10 heteroatoms. The second-order valence-electron chi connectivity index (χ2n) is 10.8. The smallest absolute Gasteiger partial charge is 0.303 e. The van der Waals surface area contributed by atoms with Gasteiger partial charge in [0.2, 0.25) is 0 Å². The molecular formula is C32H30Cl2N4O3S. The number of carbonyl (C=O) groups excluding carboxylic acids is 1. The van der Waals surface area contributed by atoms with Gasteiger partial charge >= 0.3 is 10.2 Å². The molecule has 0 unspecified atom stereocenters. The summed E-state index contributed by atoms with van der Waals surface area (Å²) in [6.45, 7) is -0.247. The Kier molecular flexibility index (Phi) is 8.12. The van der Waals surface area contributed by atoms with Crippen LogP contribution in [0.2, 0.25) is 10.0 Å². The maximum atomic E-state index is 12.3. The lowest BCUT2D eigenvalue weighted by molar-refractivity contribution is -0.117. The largest absolute Gasteiger partial charge is 0.326 e. The van der Waals surface area contributed by atoms with E-state index in [0.717, 1.165) is 26.9 Å². The van der Waals surface area contributed by atoms with Crippen LogP contribution < -0.4 is 9.03 Å². The number of anilines is 1. The second kappa shape index (κ2) is 12.0. The number of nitrogens with one attached hydrogen (secondary N) is 1. The molecule has 4 aromatic rings. The number of nitrogens with zero attached hydrogens (tertiary/aromatic N) is 3. The molecule has 1 aliphatic carbocycles. The lowest BCUT2D eigenvalue weighted by Gasteiger charge is -2.17. The third kappa shape index (κ3) is 6.26. The fraction of sp³-hybridized carbons (Fsp3) is 0.250. The molecule has 0 spiro atoms. The molecule has 1 saturated carbocycles. The lowest BCUT2D eigenvalue weighted by Crippen LogP contribution is -2.29. The summed E-state index contributed by atoms with van der Waals surface area (Å²) < 4.78 is 29.6. The van der Waals surface area contributed by atoms with Gasteiger partial charge in [0.25, 0.3) is 5.91 Å². The molecule has 1 aliphatic heterocycles. The average molecular weight is 622 g/mol. The van der Waals surface area contributed by atoms with E-state index in [1.54, 1.807) is 24.3 Å². The molecule has 2 aliphatic rings. The monoisotopic (exact) mass is 620 g/mol. The standard InChI is InChI=1S/C32H30Cl2N4O3S/c33-25-12-17-28(29(34)19-25)30-20-37(26-13-15-27(16-14-26)38-21-32(39)36-42(38,40)41)31(35-30)18-24-10-8-23(9-11-24)7-6-22-4-2-1-3-5-22/h6-17,19-20,22H,1-5,18,21H2,(H,36,39)/b7-6+. The fourth-order valence-electron chi connectivity index (χ4n) is 5.55. The van der Waals surface area contributed by atoms with Crippen molar-refractivity contribution in [2.45, 2.75) is 38.5 Å². The molecule has 2 heterocycles. The first-order chi connectivity index (χ1) is 20.2. The predicted octanol–water partition coefficient (Wildman–Crippen LogP) is 7.21. The molecule has 1 N–H and O–H groups in total. The molecule has 42 heavy (non-hydrogen) atoms. The van der Waals surface area contributed by atoms with Crippen molar-refractivity contribution in [1.82, 2.24) is 14.3 Å². The maximum absolute atomic E-state index is 12.3. The van der Waals surface area contributed by atoms with Crippen molar-refractivity contribution in [2.75, 3.05) is 10.8 Å². The van der Waals surface area contributed by atoms with Gasteiger partial charge in [-0.1, -0.05) is 78.9 Å². The van der Waals surface area contributed by atoms with Gasteiger partial charge in [0.05, 0.1) is 16.4 Å². The third-order valence-electron chi connectivity index (χ3n) is 7.77. The highest BCUT2D eigenvalue weighted by molar-refractivity contribution is 7.92. The average Bonchev–Trinajstić information content (AvgIpc) is 3.51. The van der Waals surface area contributed by atoms with Gasteiger partial charge in [-0.05, 0) is 72.4 Å². The maximum Gasteiger partial charge on any atom is 0.326 e. The summed E-state index contributed by atoms with van der Waals surface area (Å²) in [6, 6.07) is 20.8. The van der Waals surface area contributed by atoms with E-state index in [-0.39, 0.29) is 6.54 Å². The van der Waals surface area contributed by atoms with Gasteiger partial charge in [-0.2, -0.15) is 8.42 Å². The molecule has 0 atom stereocenters. The van der Waals surface area contributed by atoms with Gasteiger partial charge in [0.15, 0.2) is 0 Å². The number of aromatic nitrogens is 2. The van der Waals surface area contributed by atoms with E-state index in [2.05, 4.69) is 36.4 Å². The van der Waals surface area contributed by atoms with Crippen LogP contribution >= 0.6 is 23.2 Å². The molecule has 3 aromatic carbocycles. The number of amides is 1. The van der Waals surface area contributed by atoms with Gasteiger partial charge in [-0.3, -0.25) is 4.79 Å². The summed E-state index contributed by atoms with van der Waals surface area (Å²) in [5.74, 6) is 0.911. The summed E-state index contributed by atoms with van der Waals surface area (Å²) >= 11 is 12.7. The van der Waals surface area contributed by atoms with E-state index in [1.165, 1.54) is 37.7 Å². The van der Waals surface area contributed by atoms with E-state index in [9.17, 15) is 13.2 Å². The molecule has 216 valence electrons. The van der Waals surface area contributed by atoms with Crippen LogP contribution in [0, 0.1) is 5.92 Å². The van der Waals surface area contributed by atoms with Crippen molar-refractivity contribution in [3.63, 3.8) is 0 Å². The number of carbonyl (C=O) groups is 1. The van der Waals surface area contributed by atoms with Crippen molar-refractivity contribution in [3.8, 4) is 16.9 Å². The SMILES string of the molecule is O=C1CN(c2ccc(-n3cc(-c4ccc(Cl)cc4Cl)nc3Cc3ccc(/C=C/C4CCCCC4)cc3)cc2)S(=O)(=O)N1. The topological polar surface area (TPSA) is 84.3 Å². The van der Waals surface area contributed by atoms with Crippen LogP contribution in [-0.4, -0.2) is 30.4 Å². The second-order valence-corrected chi connectivity index (χ2v) is 13.2. The summed E-state index contributed by atoms with van der Waals surface area (Å²) in [5, 5.41) is 1.04. The zero-order chi connectivity index (χ0) is 29.3. The van der Waals surface area contributed by atoms with E-state index >= 15 is 0 Å². The Morgan fingerprint density at radius 1 is 0.929 bits per heavy atom. The molecule has 2 fully saturated rings. The number of imidazole rings is 1. The third-order valence-corrected chi connectivity index (χ3v) is 9.73. The van der Waals surface area contributed by atoms with Gasteiger partial charge in [-0.25, -0.2) is 14.0 Å². The summed E-state index contributed by atoms with van der Waals surface area (Å²) in [6.07, 6.45) is 13.6. The molecule has 0 bridgehead atoms. The molecule has 1 saturated heterocycles. The lowest BCUT2D eigenvalue weighted by atomic mass is 9.89. The van der Waals surface area contributed by atoms with Crippen LogP contribution in [0.25, 0.3) is 23.0 Å². The van der Waals surface area contributed by atoms with Gasteiger partial charge in [0, 0.05) is 28.9 Å². The van der Waals surface area contributed by atoms with E-state index < -0.39 is 16.1 Å². The van der Waals surface area contributed by atoms with Crippen molar-refractivity contribution >= 4 is 51.1 Å². The summed E-state index contributed by atoms with van der Waals surface area (Å²) in [7, 11) is -3.89. The van der Waals surface area contributed by atoms with Crippen molar-refractivity contribution in [2.24, 2.45) is 5.92 Å². The van der Waals surface area contributed by atoms with Crippen LogP contribution in [0.5, 0.6) is 0 Å². The van der Waals surface area contributed by atoms with Crippen molar-refractivity contribution in [3.05, 3.63) is 106 Å². The molecule has 0 radical (unpaired) electrons. The number of rotatable bonds is 7. The van der Waals surface area contributed by atoms with Crippen LogP contribution in [-0.2, 0) is 21.4 Å². The van der Waals surface area contributed by atoms with Gasteiger partial charge in [0.1, 0.15) is 12.4 Å². The number of halogens is 2. The first-order valence-electron chi connectivity index (χ1n) is 14.0. The fourth-order valence-corrected chi connectivity index (χ4v) is 7.21. The minimum Gasteiger partial charge on any atom is -0.303 e. The van der Waals surface area contributed by atoms with E-state index in [4.69, 9.17) is 28.2 Å². The zero-order valence-corrected chi connectivity index (χ0v) is 25.2. The quantitative estimate of drug-likeness (QED) is 0.236. The number of allylic oxidation sites excluding steroid dienone is 1. The zero-order valence-electron chi connectivity index (χ0n) is 22.8. The minimum absolute atomic E-state index is 0.247. The van der Waals surface area contributed by atoms with E-state index in [1.807, 2.05) is 33.7 Å². The Bertz CT molecular complexity index is 1740. The first kappa shape index (κ1) is 28.5. The number of hydrogen-bond donors (Lipinski definition) is 1. The highest BCUT2D eigenvalue weighted by Gasteiger charge is 2.33. The normalized spacial score (nSPS) is 17.2. The van der Waals surface area contributed by atoms with E-state index in [0.29, 0.717) is 33.8 Å². The Labute approximate surface area is 256 Å². The van der Waals surface area contributed by atoms with Crippen LogP contribution in [0.15, 0.2) is 79.0 Å². The Balaban J connectivity index is 1.30. The number of benzene rings is 3. The van der Waals surface area contributed by atoms with Crippen LogP contribution in [0.1, 0.15) is 49.1 Å². The van der Waals surface area contributed by atoms with Gasteiger partial charge < -0.3 is 4.57 Å². The number of hydrogen-bond acceptors (Lipinski definition) is 4. The van der Waals surface area contributed by atoms with Crippen molar-refractivity contribution < 1.29 is 13.2 Å². The minimum atomic E-state index is -3.89. The molecule has 7 nitrogen and oxygen atoms in total.